The highest BCUT2D eigenvalue weighted by Gasteiger charge is 2.26. The molecule has 0 aliphatic rings. The van der Waals surface area contributed by atoms with Crippen LogP contribution in [0.15, 0.2) is 24.3 Å². The van der Waals surface area contributed by atoms with Crippen LogP contribution in [-0.4, -0.2) is 18.4 Å². The first-order valence-corrected chi connectivity index (χ1v) is 6.57. The molecule has 0 radical (unpaired) electrons. The van der Waals surface area contributed by atoms with Gasteiger partial charge in [-0.3, -0.25) is 4.79 Å². The van der Waals surface area contributed by atoms with E-state index in [0.717, 1.165) is 11.3 Å². The summed E-state index contributed by atoms with van der Waals surface area (Å²) in [5.41, 5.74) is 1.17. The fourth-order valence-electron chi connectivity index (χ4n) is 1.33. The Morgan fingerprint density at radius 3 is 2.67 bits per heavy atom. The molecule has 0 unspecified atom stereocenters. The van der Waals surface area contributed by atoms with E-state index in [1.807, 2.05) is 45.0 Å². The number of halogens is 1. The maximum atomic E-state index is 12.1. The fraction of sp³-hybridized carbons (Fsp3) is 0.500. The lowest BCUT2D eigenvalue weighted by Crippen LogP contribution is -2.32. The van der Waals surface area contributed by atoms with Crippen LogP contribution in [0.3, 0.4) is 0 Å². The van der Waals surface area contributed by atoms with Crippen molar-refractivity contribution >= 4 is 23.2 Å². The van der Waals surface area contributed by atoms with Gasteiger partial charge in [0.2, 0.25) is 5.91 Å². The minimum absolute atomic E-state index is 0.0820. The zero-order valence-electron chi connectivity index (χ0n) is 11.1. The second kappa shape index (κ2) is 6.76. The minimum atomic E-state index is -0.583. The number of alkyl halides is 1. The summed E-state index contributed by atoms with van der Waals surface area (Å²) in [6.07, 6.45) is 0. The Labute approximate surface area is 113 Å². The van der Waals surface area contributed by atoms with Crippen molar-refractivity contribution in [2.45, 2.75) is 27.4 Å². The summed E-state index contributed by atoms with van der Waals surface area (Å²) >= 11 is 5.79. The van der Waals surface area contributed by atoms with Crippen LogP contribution >= 0.6 is 11.6 Å². The standard InChI is InChI=1S/C14H20ClNO2/c1-4-18-9-11-7-5-6-8-12(11)16-13(17)14(2,3)10-15/h5-8H,4,9-10H2,1-3H3,(H,16,17). The molecule has 1 N–H and O–H groups in total. The van der Waals surface area contributed by atoms with Crippen LogP contribution < -0.4 is 5.32 Å². The van der Waals surface area contributed by atoms with Gasteiger partial charge < -0.3 is 10.1 Å². The summed E-state index contributed by atoms with van der Waals surface area (Å²) in [7, 11) is 0. The van der Waals surface area contributed by atoms with Crippen molar-refractivity contribution in [2.75, 3.05) is 17.8 Å². The van der Waals surface area contributed by atoms with Crippen molar-refractivity contribution < 1.29 is 9.53 Å². The van der Waals surface area contributed by atoms with Crippen LogP contribution in [0, 0.1) is 5.41 Å². The Morgan fingerprint density at radius 1 is 1.39 bits per heavy atom. The molecule has 0 atom stereocenters. The lowest BCUT2D eigenvalue weighted by molar-refractivity contribution is -0.122. The molecule has 1 rings (SSSR count). The van der Waals surface area contributed by atoms with Gasteiger partial charge in [-0.1, -0.05) is 18.2 Å². The Hall–Kier alpha value is -1.06. The highest BCUT2D eigenvalue weighted by atomic mass is 35.5. The number of hydrogen-bond donors (Lipinski definition) is 1. The normalized spacial score (nSPS) is 11.3. The van der Waals surface area contributed by atoms with Gasteiger partial charge in [-0.15, -0.1) is 11.6 Å². The fourth-order valence-corrected chi connectivity index (χ4v) is 1.45. The average molecular weight is 270 g/mol. The molecular formula is C14H20ClNO2. The third-order valence-electron chi connectivity index (χ3n) is 2.68. The Bertz CT molecular complexity index is 405. The Balaban J connectivity index is 2.81. The first-order valence-electron chi connectivity index (χ1n) is 6.04. The number of hydrogen-bond acceptors (Lipinski definition) is 2. The predicted octanol–water partition coefficient (Wildman–Crippen LogP) is 3.43. The van der Waals surface area contributed by atoms with E-state index in [2.05, 4.69) is 5.32 Å². The van der Waals surface area contributed by atoms with Crippen LogP contribution in [0.2, 0.25) is 0 Å². The molecule has 1 aromatic rings. The number of anilines is 1. The first kappa shape index (κ1) is 15.0. The van der Waals surface area contributed by atoms with Crippen molar-refractivity contribution in [3.05, 3.63) is 29.8 Å². The number of carbonyl (C=O) groups is 1. The third kappa shape index (κ3) is 4.00. The number of amides is 1. The highest BCUT2D eigenvalue weighted by Crippen LogP contribution is 2.22. The van der Waals surface area contributed by atoms with Crippen molar-refractivity contribution in [3.8, 4) is 0 Å². The number of para-hydroxylation sites is 1. The van der Waals surface area contributed by atoms with Crippen LogP contribution in [-0.2, 0) is 16.1 Å². The molecule has 0 aliphatic carbocycles. The van der Waals surface area contributed by atoms with Gasteiger partial charge >= 0.3 is 0 Å². The molecular weight excluding hydrogens is 250 g/mol. The molecule has 0 fully saturated rings. The van der Waals surface area contributed by atoms with Gasteiger partial charge in [0.05, 0.1) is 12.0 Å². The first-order chi connectivity index (χ1) is 8.51. The van der Waals surface area contributed by atoms with Crippen molar-refractivity contribution in [2.24, 2.45) is 5.41 Å². The van der Waals surface area contributed by atoms with Crippen molar-refractivity contribution in [1.29, 1.82) is 0 Å². The molecule has 1 aromatic carbocycles. The zero-order chi connectivity index (χ0) is 13.6. The summed E-state index contributed by atoms with van der Waals surface area (Å²) in [6.45, 7) is 6.72. The van der Waals surface area contributed by atoms with Crippen LogP contribution in [0.1, 0.15) is 26.3 Å². The summed E-state index contributed by atoms with van der Waals surface area (Å²) in [4.78, 5) is 12.1. The maximum Gasteiger partial charge on any atom is 0.231 e. The van der Waals surface area contributed by atoms with Crippen LogP contribution in [0.4, 0.5) is 5.69 Å². The number of benzene rings is 1. The highest BCUT2D eigenvalue weighted by molar-refractivity contribution is 6.20. The lowest BCUT2D eigenvalue weighted by Gasteiger charge is -2.21. The number of nitrogens with one attached hydrogen (secondary N) is 1. The summed E-state index contributed by atoms with van der Waals surface area (Å²) < 4.78 is 5.38. The second-order valence-corrected chi connectivity index (χ2v) is 5.03. The SMILES string of the molecule is CCOCc1ccccc1NC(=O)C(C)(C)CCl. The topological polar surface area (TPSA) is 38.3 Å². The molecule has 3 nitrogen and oxygen atoms in total. The van der Waals surface area contributed by atoms with Crippen LogP contribution in [0.25, 0.3) is 0 Å². The van der Waals surface area contributed by atoms with E-state index in [1.54, 1.807) is 0 Å². The molecule has 1 amide bonds. The lowest BCUT2D eigenvalue weighted by atomic mass is 9.95. The van der Waals surface area contributed by atoms with Gasteiger partial charge in [-0.25, -0.2) is 0 Å². The van der Waals surface area contributed by atoms with Crippen molar-refractivity contribution in [1.82, 2.24) is 0 Å². The average Bonchev–Trinajstić information content (AvgIpc) is 2.37. The molecule has 0 bridgehead atoms. The number of rotatable bonds is 6. The van der Waals surface area contributed by atoms with E-state index in [9.17, 15) is 4.79 Å². The van der Waals surface area contributed by atoms with E-state index in [4.69, 9.17) is 16.3 Å². The molecule has 18 heavy (non-hydrogen) atoms. The Kier molecular flexibility index (Phi) is 5.63. The molecule has 0 spiro atoms. The Morgan fingerprint density at radius 2 is 2.06 bits per heavy atom. The van der Waals surface area contributed by atoms with E-state index < -0.39 is 5.41 Å². The van der Waals surface area contributed by atoms with Gasteiger partial charge in [-0.05, 0) is 26.8 Å². The molecule has 0 saturated carbocycles. The smallest absolute Gasteiger partial charge is 0.231 e. The number of carbonyl (C=O) groups excluding carboxylic acids is 1. The quantitative estimate of drug-likeness (QED) is 0.804. The van der Waals surface area contributed by atoms with Crippen LogP contribution in [0.5, 0.6) is 0 Å². The molecule has 0 aliphatic heterocycles. The summed E-state index contributed by atoms with van der Waals surface area (Å²) in [5.74, 6) is 0.202. The van der Waals surface area contributed by atoms with E-state index in [0.29, 0.717) is 13.2 Å². The third-order valence-corrected chi connectivity index (χ3v) is 3.34. The molecule has 0 heterocycles. The molecule has 100 valence electrons. The summed E-state index contributed by atoms with van der Waals surface area (Å²) in [6, 6.07) is 7.63. The van der Waals surface area contributed by atoms with Gasteiger partial charge in [0.15, 0.2) is 0 Å². The second-order valence-electron chi connectivity index (χ2n) is 4.77. The maximum absolute atomic E-state index is 12.1. The minimum Gasteiger partial charge on any atom is -0.377 e. The van der Waals surface area contributed by atoms with E-state index in [-0.39, 0.29) is 11.8 Å². The molecule has 0 saturated heterocycles. The van der Waals surface area contributed by atoms with Gasteiger partial charge in [0.25, 0.3) is 0 Å². The number of ether oxygens (including phenoxy) is 1. The largest absolute Gasteiger partial charge is 0.377 e. The van der Waals surface area contributed by atoms with Crippen molar-refractivity contribution in [3.63, 3.8) is 0 Å². The van der Waals surface area contributed by atoms with E-state index in [1.165, 1.54) is 0 Å². The summed E-state index contributed by atoms with van der Waals surface area (Å²) in [5, 5.41) is 2.91. The predicted molar refractivity (Wildman–Crippen MR) is 74.9 cm³/mol. The monoisotopic (exact) mass is 269 g/mol. The molecule has 0 aromatic heterocycles. The van der Waals surface area contributed by atoms with E-state index >= 15 is 0 Å². The molecule has 4 heteroatoms. The van der Waals surface area contributed by atoms with Gasteiger partial charge in [-0.2, -0.15) is 0 Å². The zero-order valence-corrected chi connectivity index (χ0v) is 11.9. The van der Waals surface area contributed by atoms with Gasteiger partial charge in [0, 0.05) is 23.7 Å². The van der Waals surface area contributed by atoms with Gasteiger partial charge in [0.1, 0.15) is 0 Å².